The Labute approximate surface area is 187 Å². The van der Waals surface area contributed by atoms with Gasteiger partial charge in [-0.15, -0.1) is 0 Å². The number of hydrogen-bond donors (Lipinski definition) is 4. The predicted molar refractivity (Wildman–Crippen MR) is 120 cm³/mol. The molecular formula is C19H19Cl3N4O2S. The molecule has 1 atom stereocenters. The number of benzene rings is 2. The fourth-order valence-corrected chi connectivity index (χ4v) is 3.88. The largest absolute Gasteiger partial charge is 0.492 e. The van der Waals surface area contributed by atoms with Crippen LogP contribution in [0.4, 0.5) is 10.7 Å². The van der Waals surface area contributed by atoms with Gasteiger partial charge in [0, 0.05) is 11.7 Å². The topological polar surface area (TPSA) is 92.4 Å². The van der Waals surface area contributed by atoms with Crippen molar-refractivity contribution < 1.29 is 9.84 Å². The van der Waals surface area contributed by atoms with Crippen molar-refractivity contribution in [3.05, 3.63) is 57.0 Å². The molecule has 0 aliphatic carbocycles. The van der Waals surface area contributed by atoms with Gasteiger partial charge in [-0.25, -0.2) is 0 Å². The highest BCUT2D eigenvalue weighted by atomic mass is 35.5. The molecule has 0 radical (unpaired) electrons. The van der Waals surface area contributed by atoms with E-state index >= 15 is 0 Å². The molecule has 0 saturated carbocycles. The average Bonchev–Trinajstić information content (AvgIpc) is 3.00. The van der Waals surface area contributed by atoms with Crippen molar-refractivity contribution in [2.75, 3.05) is 5.32 Å². The van der Waals surface area contributed by atoms with Gasteiger partial charge in [0.25, 0.3) is 0 Å². The van der Waals surface area contributed by atoms with Crippen LogP contribution < -0.4 is 21.1 Å². The third kappa shape index (κ3) is 5.25. The zero-order valence-corrected chi connectivity index (χ0v) is 18.6. The van der Waals surface area contributed by atoms with Gasteiger partial charge in [0.2, 0.25) is 5.88 Å². The molecule has 154 valence electrons. The van der Waals surface area contributed by atoms with Crippen molar-refractivity contribution >= 4 is 57.0 Å². The molecule has 0 spiro atoms. The number of rotatable bonds is 7. The van der Waals surface area contributed by atoms with Gasteiger partial charge < -0.3 is 20.9 Å². The Morgan fingerprint density at radius 2 is 1.86 bits per heavy atom. The summed E-state index contributed by atoms with van der Waals surface area (Å²) in [6, 6.07) is 10.4. The molecule has 3 aromatic rings. The van der Waals surface area contributed by atoms with E-state index in [0.29, 0.717) is 42.8 Å². The molecule has 5 N–H and O–H groups in total. The second kappa shape index (κ2) is 9.38. The minimum absolute atomic E-state index is 0.111. The molecule has 3 rings (SSSR count). The van der Waals surface area contributed by atoms with Crippen LogP contribution in [-0.4, -0.2) is 15.5 Å². The van der Waals surface area contributed by atoms with Gasteiger partial charge >= 0.3 is 0 Å². The molecule has 0 aliphatic rings. The van der Waals surface area contributed by atoms with E-state index in [-0.39, 0.29) is 11.9 Å². The summed E-state index contributed by atoms with van der Waals surface area (Å²) in [7, 11) is 0. The standard InChI is InChI=1S/C19H19Cl3N4O2S/c1-9(2)24-17(23)15-18(27)26-29-19(15)25-10-6-7-13(12(21)8-10)28-14-5-3-4-11(20)16(14)22/h3-9,17,24-25H,23H2,1-2H3,(H,26,27). The van der Waals surface area contributed by atoms with Crippen LogP contribution in [0.5, 0.6) is 17.4 Å². The molecule has 29 heavy (non-hydrogen) atoms. The van der Waals surface area contributed by atoms with E-state index in [2.05, 4.69) is 15.0 Å². The molecule has 1 unspecified atom stereocenters. The maximum Gasteiger partial charge on any atom is 0.231 e. The summed E-state index contributed by atoms with van der Waals surface area (Å²) >= 11 is 19.7. The second-order valence-corrected chi connectivity index (χ2v) is 8.44. The normalized spacial score (nSPS) is 12.2. The third-order valence-corrected chi connectivity index (χ3v) is 5.72. The van der Waals surface area contributed by atoms with Crippen molar-refractivity contribution in [3.8, 4) is 17.4 Å². The Hall–Kier alpha value is -1.74. The first-order valence-electron chi connectivity index (χ1n) is 8.65. The number of anilines is 2. The number of aromatic nitrogens is 1. The Balaban J connectivity index is 1.80. The summed E-state index contributed by atoms with van der Waals surface area (Å²) in [6.07, 6.45) is -0.570. The highest BCUT2D eigenvalue weighted by molar-refractivity contribution is 7.10. The summed E-state index contributed by atoms with van der Waals surface area (Å²) < 4.78 is 9.76. The summed E-state index contributed by atoms with van der Waals surface area (Å²) in [5, 5.41) is 18.1. The predicted octanol–water partition coefficient (Wildman–Crippen LogP) is 6.30. The fourth-order valence-electron chi connectivity index (χ4n) is 2.58. The quantitative estimate of drug-likeness (QED) is 0.301. The fraction of sp³-hybridized carbons (Fsp3) is 0.211. The Bertz CT molecular complexity index is 1010. The molecule has 2 aromatic carbocycles. The maximum atomic E-state index is 10.1. The molecule has 10 heteroatoms. The number of nitrogens with two attached hydrogens (primary N) is 1. The number of nitrogens with zero attached hydrogens (tertiary/aromatic N) is 1. The zero-order chi connectivity index (χ0) is 21.1. The lowest BCUT2D eigenvalue weighted by molar-refractivity contribution is 0.426. The number of ether oxygens (including phenoxy) is 1. The summed E-state index contributed by atoms with van der Waals surface area (Å²) in [4.78, 5) is 0. The van der Waals surface area contributed by atoms with Gasteiger partial charge in [-0.2, -0.15) is 4.37 Å². The average molecular weight is 474 g/mol. The third-order valence-electron chi connectivity index (χ3n) is 3.86. The van der Waals surface area contributed by atoms with Gasteiger partial charge in [0.15, 0.2) is 0 Å². The van der Waals surface area contributed by atoms with Crippen molar-refractivity contribution in [2.24, 2.45) is 5.73 Å². The van der Waals surface area contributed by atoms with E-state index in [1.807, 2.05) is 13.8 Å². The van der Waals surface area contributed by atoms with Gasteiger partial charge in [-0.1, -0.05) is 40.9 Å². The maximum absolute atomic E-state index is 10.1. The molecule has 0 bridgehead atoms. The van der Waals surface area contributed by atoms with Crippen LogP contribution in [0, 0.1) is 0 Å². The monoisotopic (exact) mass is 472 g/mol. The number of aromatic hydroxyl groups is 1. The van der Waals surface area contributed by atoms with Crippen molar-refractivity contribution in [1.29, 1.82) is 0 Å². The highest BCUT2D eigenvalue weighted by Gasteiger charge is 2.21. The first-order valence-corrected chi connectivity index (χ1v) is 10.6. The van der Waals surface area contributed by atoms with Crippen LogP contribution in [0.25, 0.3) is 0 Å². The van der Waals surface area contributed by atoms with E-state index in [9.17, 15) is 5.11 Å². The van der Waals surface area contributed by atoms with E-state index in [4.69, 9.17) is 45.3 Å². The SMILES string of the molecule is CC(C)NC(N)c1c(O)nsc1Nc1ccc(Oc2cccc(Cl)c2Cl)c(Cl)c1. The number of hydrogen-bond acceptors (Lipinski definition) is 7. The first-order chi connectivity index (χ1) is 13.8. The highest BCUT2D eigenvalue weighted by Crippen LogP contribution is 2.40. The van der Waals surface area contributed by atoms with Crippen molar-refractivity contribution in [1.82, 2.24) is 9.69 Å². The van der Waals surface area contributed by atoms with Crippen LogP contribution in [0.15, 0.2) is 36.4 Å². The second-order valence-electron chi connectivity index (χ2n) is 6.47. The van der Waals surface area contributed by atoms with E-state index in [1.165, 1.54) is 0 Å². The van der Waals surface area contributed by atoms with E-state index in [1.54, 1.807) is 36.4 Å². The van der Waals surface area contributed by atoms with Crippen LogP contribution in [-0.2, 0) is 0 Å². The minimum atomic E-state index is -0.570. The van der Waals surface area contributed by atoms with E-state index in [0.717, 1.165) is 11.5 Å². The number of nitrogens with one attached hydrogen (secondary N) is 2. The van der Waals surface area contributed by atoms with Crippen LogP contribution in [0.2, 0.25) is 15.1 Å². The molecule has 0 fully saturated rings. The van der Waals surface area contributed by atoms with Gasteiger partial charge in [0.1, 0.15) is 21.5 Å². The van der Waals surface area contributed by atoms with Gasteiger partial charge in [-0.05, 0) is 55.7 Å². The molecule has 0 amide bonds. The lowest BCUT2D eigenvalue weighted by atomic mass is 10.2. The van der Waals surface area contributed by atoms with Crippen LogP contribution in [0.3, 0.4) is 0 Å². The first kappa shape index (κ1) is 22.0. The lowest BCUT2D eigenvalue weighted by Gasteiger charge is -2.18. The van der Waals surface area contributed by atoms with Crippen LogP contribution >= 0.6 is 46.3 Å². The van der Waals surface area contributed by atoms with Crippen molar-refractivity contribution in [2.45, 2.75) is 26.1 Å². The Morgan fingerprint density at radius 1 is 1.10 bits per heavy atom. The van der Waals surface area contributed by atoms with Gasteiger partial charge in [0.05, 0.1) is 21.8 Å². The summed E-state index contributed by atoms with van der Waals surface area (Å²) in [5.74, 6) is 0.717. The molecule has 0 saturated heterocycles. The van der Waals surface area contributed by atoms with E-state index < -0.39 is 6.17 Å². The zero-order valence-electron chi connectivity index (χ0n) is 15.5. The lowest BCUT2D eigenvalue weighted by Crippen LogP contribution is -2.34. The van der Waals surface area contributed by atoms with Gasteiger partial charge in [-0.3, -0.25) is 5.32 Å². The smallest absolute Gasteiger partial charge is 0.231 e. The van der Waals surface area contributed by atoms with Crippen LogP contribution in [0.1, 0.15) is 25.6 Å². The summed E-state index contributed by atoms with van der Waals surface area (Å²) in [5.41, 5.74) is 7.32. The molecular weight excluding hydrogens is 455 g/mol. The molecule has 6 nitrogen and oxygen atoms in total. The number of halogens is 3. The minimum Gasteiger partial charge on any atom is -0.492 e. The summed E-state index contributed by atoms with van der Waals surface area (Å²) in [6.45, 7) is 3.93. The Kier molecular flexibility index (Phi) is 7.10. The molecule has 0 aliphatic heterocycles. The van der Waals surface area contributed by atoms with Crippen molar-refractivity contribution in [3.63, 3.8) is 0 Å². The Morgan fingerprint density at radius 3 is 2.55 bits per heavy atom. The molecule has 1 heterocycles. The molecule has 1 aromatic heterocycles.